The number of carbonyl (C=O) groups is 1. The van der Waals surface area contributed by atoms with Crippen LogP contribution in [0.2, 0.25) is 5.21 Å². The van der Waals surface area contributed by atoms with Gasteiger partial charge in [-0.05, 0) is 0 Å². The number of para-hydroxylation sites is 2. The van der Waals surface area contributed by atoms with Crippen LogP contribution in [0.3, 0.4) is 0 Å². The van der Waals surface area contributed by atoms with Gasteiger partial charge in [-0.3, -0.25) is 0 Å². The molecular formula is C16H13AsNO2. The molecule has 1 heterocycles. The molecule has 3 rings (SSSR count). The van der Waals surface area contributed by atoms with Crippen molar-refractivity contribution in [1.29, 1.82) is 0 Å². The Morgan fingerprint density at radius 1 is 1.10 bits per heavy atom. The molecule has 0 aliphatic heterocycles. The number of fused-ring (bicyclic) bond motifs is 2. The first kappa shape index (κ1) is 13.1. The van der Waals surface area contributed by atoms with E-state index in [9.17, 15) is 4.79 Å². The molecule has 4 heteroatoms. The fourth-order valence-electron chi connectivity index (χ4n) is 2.19. The number of aromatic nitrogens is 1. The van der Waals surface area contributed by atoms with E-state index in [1.165, 1.54) is 4.35 Å². The van der Waals surface area contributed by atoms with Gasteiger partial charge in [0.15, 0.2) is 0 Å². The van der Waals surface area contributed by atoms with Gasteiger partial charge in [0.25, 0.3) is 0 Å². The first-order valence-electron chi connectivity index (χ1n) is 6.42. The first-order valence-corrected chi connectivity index (χ1v) is 8.68. The van der Waals surface area contributed by atoms with Gasteiger partial charge in [-0.1, -0.05) is 0 Å². The van der Waals surface area contributed by atoms with Crippen molar-refractivity contribution < 1.29 is 9.90 Å². The van der Waals surface area contributed by atoms with Crippen molar-refractivity contribution in [3.63, 3.8) is 0 Å². The second-order valence-corrected chi connectivity index (χ2v) is 7.17. The van der Waals surface area contributed by atoms with Gasteiger partial charge in [-0.25, -0.2) is 0 Å². The number of rotatable bonds is 4. The fraction of sp³-hybridized carbons (Fsp3) is 0.125. The molecule has 0 saturated carbocycles. The van der Waals surface area contributed by atoms with Crippen LogP contribution in [-0.4, -0.2) is 31.8 Å². The predicted molar refractivity (Wildman–Crippen MR) is 81.7 cm³/mol. The van der Waals surface area contributed by atoms with Crippen molar-refractivity contribution >= 4 is 47.9 Å². The predicted octanol–water partition coefficient (Wildman–Crippen LogP) is 2.61. The average Bonchev–Trinajstić information content (AvgIpc) is 2.45. The van der Waals surface area contributed by atoms with Gasteiger partial charge in [0, 0.05) is 0 Å². The Hall–Kier alpha value is -1.86. The van der Waals surface area contributed by atoms with Gasteiger partial charge < -0.3 is 0 Å². The monoisotopic (exact) mass is 326 g/mol. The zero-order valence-corrected chi connectivity index (χ0v) is 12.7. The minimum absolute atomic E-state index is 0.153. The number of carboxylic acids is 1. The molecule has 0 fully saturated rings. The summed E-state index contributed by atoms with van der Waals surface area (Å²) in [6.45, 7) is 0. The number of carboxylic acid groups (broad SMARTS) is 1. The Balaban J connectivity index is 2.03. The molecule has 1 N–H and O–H groups in total. The van der Waals surface area contributed by atoms with Crippen molar-refractivity contribution in [2.24, 2.45) is 0 Å². The second-order valence-electron chi connectivity index (χ2n) is 4.56. The summed E-state index contributed by atoms with van der Waals surface area (Å²) < 4.78 is 1.21. The Kier molecular flexibility index (Phi) is 3.70. The van der Waals surface area contributed by atoms with Crippen LogP contribution in [0, 0.1) is 0 Å². The molecule has 99 valence electrons. The molecule has 0 spiro atoms. The van der Waals surface area contributed by atoms with E-state index in [0.717, 1.165) is 27.0 Å². The van der Waals surface area contributed by atoms with Gasteiger partial charge in [0.1, 0.15) is 0 Å². The van der Waals surface area contributed by atoms with Gasteiger partial charge in [0.2, 0.25) is 0 Å². The zero-order chi connectivity index (χ0) is 13.9. The van der Waals surface area contributed by atoms with E-state index in [1.54, 1.807) is 0 Å². The van der Waals surface area contributed by atoms with Crippen molar-refractivity contribution in [2.75, 3.05) is 0 Å². The molecule has 0 aliphatic carbocycles. The molecule has 0 saturated heterocycles. The average molecular weight is 326 g/mol. The third-order valence-electron chi connectivity index (χ3n) is 3.13. The molecule has 20 heavy (non-hydrogen) atoms. The molecule has 0 amide bonds. The number of aliphatic carboxylic acids is 1. The standard InChI is InChI=1S/C16H13AsNO2/c19-15(20)8-9-17-13-6-3-5-12-10-11-4-1-2-7-14(11)18-16(12)13/h1-7,10H,8-9H2,(H,19,20). The molecule has 0 aliphatic rings. The normalized spacial score (nSPS) is 11.6. The van der Waals surface area contributed by atoms with Crippen LogP contribution in [0.4, 0.5) is 0 Å². The molecule has 3 nitrogen and oxygen atoms in total. The Labute approximate surface area is 123 Å². The van der Waals surface area contributed by atoms with Crippen molar-refractivity contribution in [1.82, 2.24) is 4.98 Å². The topological polar surface area (TPSA) is 50.2 Å². The van der Waals surface area contributed by atoms with Gasteiger partial charge in [-0.2, -0.15) is 0 Å². The SMILES string of the molecule is O=C(O)CC[As]c1cccc2cc3ccccc3nc12. The van der Waals surface area contributed by atoms with Crippen LogP contribution in [-0.2, 0) is 4.79 Å². The Bertz CT molecular complexity index is 786. The summed E-state index contributed by atoms with van der Waals surface area (Å²) in [5.74, 6) is -0.723. The van der Waals surface area contributed by atoms with E-state index in [0.29, 0.717) is 0 Å². The van der Waals surface area contributed by atoms with Crippen LogP contribution in [0.25, 0.3) is 21.8 Å². The summed E-state index contributed by atoms with van der Waals surface area (Å²) in [5.41, 5.74) is 2.02. The summed E-state index contributed by atoms with van der Waals surface area (Å²) >= 11 is -0.153. The first-order chi connectivity index (χ1) is 9.74. The molecule has 1 aromatic heterocycles. The number of hydrogen-bond acceptors (Lipinski definition) is 2. The van der Waals surface area contributed by atoms with Crippen molar-refractivity contribution in [2.45, 2.75) is 11.6 Å². The zero-order valence-electron chi connectivity index (χ0n) is 10.8. The summed E-state index contributed by atoms with van der Waals surface area (Å²) in [6.07, 6.45) is 0.240. The van der Waals surface area contributed by atoms with E-state index in [1.807, 2.05) is 24.3 Å². The third-order valence-corrected chi connectivity index (χ3v) is 5.54. The molecular weight excluding hydrogens is 313 g/mol. The van der Waals surface area contributed by atoms with Crippen molar-refractivity contribution in [3.05, 3.63) is 48.5 Å². The quantitative estimate of drug-likeness (QED) is 0.592. The molecule has 3 aromatic rings. The molecule has 2 aromatic carbocycles. The summed E-state index contributed by atoms with van der Waals surface area (Å²) in [4.78, 5) is 15.4. The van der Waals surface area contributed by atoms with Crippen LogP contribution >= 0.6 is 0 Å². The Morgan fingerprint density at radius 2 is 1.90 bits per heavy atom. The minimum atomic E-state index is -0.723. The second kappa shape index (κ2) is 5.64. The van der Waals surface area contributed by atoms with Gasteiger partial charge in [0.05, 0.1) is 0 Å². The number of benzene rings is 2. The molecule has 0 bridgehead atoms. The summed E-state index contributed by atoms with van der Waals surface area (Å²) in [6, 6.07) is 16.4. The summed E-state index contributed by atoms with van der Waals surface area (Å²) in [7, 11) is 0. The van der Waals surface area contributed by atoms with E-state index >= 15 is 0 Å². The number of hydrogen-bond donors (Lipinski definition) is 1. The number of pyridine rings is 1. The van der Waals surface area contributed by atoms with Gasteiger partial charge >= 0.3 is 123 Å². The van der Waals surface area contributed by atoms with Gasteiger partial charge in [-0.15, -0.1) is 0 Å². The third kappa shape index (κ3) is 2.68. The molecule has 0 atom stereocenters. The maximum atomic E-state index is 10.6. The van der Waals surface area contributed by atoms with E-state index < -0.39 is 5.97 Å². The van der Waals surface area contributed by atoms with E-state index in [2.05, 4.69) is 24.3 Å². The fourth-order valence-corrected chi connectivity index (χ4v) is 4.42. The van der Waals surface area contributed by atoms with Crippen LogP contribution in [0.15, 0.2) is 48.5 Å². The van der Waals surface area contributed by atoms with Crippen LogP contribution in [0.5, 0.6) is 0 Å². The number of nitrogens with zero attached hydrogens (tertiary/aromatic N) is 1. The van der Waals surface area contributed by atoms with Crippen molar-refractivity contribution in [3.8, 4) is 0 Å². The van der Waals surface area contributed by atoms with Crippen LogP contribution < -0.4 is 4.35 Å². The molecule has 0 unspecified atom stereocenters. The van der Waals surface area contributed by atoms with E-state index in [-0.39, 0.29) is 22.2 Å². The van der Waals surface area contributed by atoms with E-state index in [4.69, 9.17) is 10.1 Å². The summed E-state index contributed by atoms with van der Waals surface area (Å²) in [5, 5.41) is 11.8. The van der Waals surface area contributed by atoms with Crippen LogP contribution in [0.1, 0.15) is 6.42 Å². The molecule has 1 radical (unpaired) electrons. The maximum absolute atomic E-state index is 10.6. The Morgan fingerprint density at radius 3 is 2.75 bits per heavy atom.